The number of hydrazine groups is 1. The van der Waals surface area contributed by atoms with Gasteiger partial charge in [0.2, 0.25) is 0 Å². The van der Waals surface area contributed by atoms with E-state index in [1.165, 1.54) is 23.2 Å². The van der Waals surface area contributed by atoms with Gasteiger partial charge in [-0.05, 0) is 11.0 Å². The smallest absolute Gasteiger partial charge is 0.389 e. The van der Waals surface area contributed by atoms with Gasteiger partial charge in [0.25, 0.3) is 0 Å². The Bertz CT molecular complexity index is 587. The van der Waals surface area contributed by atoms with Gasteiger partial charge in [0.1, 0.15) is 0 Å². The van der Waals surface area contributed by atoms with Gasteiger partial charge in [-0.25, -0.2) is 5.84 Å². The number of nitrogens with one attached hydrogen (secondary N) is 1. The van der Waals surface area contributed by atoms with Crippen molar-refractivity contribution >= 4 is 11.7 Å². The van der Waals surface area contributed by atoms with E-state index in [-0.39, 0.29) is 18.1 Å². The lowest BCUT2D eigenvalue weighted by atomic mass is 10.2. The van der Waals surface area contributed by atoms with Crippen LogP contribution in [-0.2, 0) is 6.54 Å². The van der Waals surface area contributed by atoms with E-state index in [9.17, 15) is 14.9 Å². The Morgan fingerprint density at radius 2 is 2.39 bits per heavy atom. The van der Waals surface area contributed by atoms with E-state index in [1.54, 1.807) is 6.07 Å². The maximum absolute atomic E-state index is 11.3. The average Bonchev–Trinajstić information content (AvgIpc) is 2.97. The third-order valence-corrected chi connectivity index (χ3v) is 2.23. The Labute approximate surface area is 100 Å². The number of carbonyl (C=O) groups excluding carboxylic acids is 1. The molecule has 0 radical (unpaired) electrons. The van der Waals surface area contributed by atoms with Crippen LogP contribution in [0.3, 0.4) is 0 Å². The van der Waals surface area contributed by atoms with Crippen LogP contribution in [0.1, 0.15) is 16.1 Å². The molecule has 0 saturated heterocycles. The van der Waals surface area contributed by atoms with Crippen LogP contribution in [0.4, 0.5) is 5.82 Å². The third-order valence-electron chi connectivity index (χ3n) is 2.23. The molecule has 18 heavy (non-hydrogen) atoms. The van der Waals surface area contributed by atoms with Crippen LogP contribution in [0.15, 0.2) is 29.0 Å². The second kappa shape index (κ2) is 4.67. The summed E-state index contributed by atoms with van der Waals surface area (Å²) in [5, 5.41) is 14.2. The molecule has 0 saturated carbocycles. The van der Waals surface area contributed by atoms with Crippen molar-refractivity contribution < 1.29 is 14.1 Å². The topological polar surface area (TPSA) is 129 Å². The van der Waals surface area contributed by atoms with E-state index in [0.29, 0.717) is 5.56 Å². The third kappa shape index (κ3) is 2.20. The summed E-state index contributed by atoms with van der Waals surface area (Å²) < 4.78 is 6.31. The van der Waals surface area contributed by atoms with Gasteiger partial charge >= 0.3 is 11.7 Å². The molecule has 0 unspecified atom stereocenters. The normalized spacial score (nSPS) is 10.3. The number of furan rings is 1. The zero-order valence-electron chi connectivity index (χ0n) is 9.07. The molecular weight excluding hydrogens is 242 g/mol. The van der Waals surface area contributed by atoms with Crippen molar-refractivity contribution in [3.05, 3.63) is 46.0 Å². The van der Waals surface area contributed by atoms with Crippen LogP contribution < -0.4 is 11.3 Å². The van der Waals surface area contributed by atoms with Gasteiger partial charge < -0.3 is 14.5 Å². The second-order valence-corrected chi connectivity index (χ2v) is 3.38. The monoisotopic (exact) mass is 251 g/mol. The maximum atomic E-state index is 11.3. The number of amides is 1. The standard InChI is InChI=1S/C9H9N5O4/c10-11-9(15)8-6(2-4-18-8)5-13-3-1-7(12-13)14(16)17/h1-4H,5,10H2,(H,11,15). The molecule has 0 aromatic carbocycles. The number of nitrogen functional groups attached to an aromatic ring is 1. The Kier molecular flexibility index (Phi) is 3.06. The van der Waals surface area contributed by atoms with Crippen molar-refractivity contribution in [2.75, 3.05) is 0 Å². The summed E-state index contributed by atoms with van der Waals surface area (Å²) in [6.07, 6.45) is 2.77. The summed E-state index contributed by atoms with van der Waals surface area (Å²) in [5.74, 6) is 4.22. The first-order chi connectivity index (χ1) is 8.61. The molecule has 3 N–H and O–H groups in total. The maximum Gasteiger partial charge on any atom is 0.389 e. The Balaban J connectivity index is 2.20. The lowest BCUT2D eigenvalue weighted by molar-refractivity contribution is -0.389. The highest BCUT2D eigenvalue weighted by atomic mass is 16.6. The molecule has 0 aliphatic carbocycles. The Morgan fingerprint density at radius 1 is 1.61 bits per heavy atom. The lowest BCUT2D eigenvalue weighted by Crippen LogP contribution is -2.30. The fraction of sp³-hybridized carbons (Fsp3) is 0.111. The van der Waals surface area contributed by atoms with Crippen LogP contribution in [0.2, 0.25) is 0 Å². The number of hydrogen-bond acceptors (Lipinski definition) is 6. The van der Waals surface area contributed by atoms with E-state index < -0.39 is 10.8 Å². The van der Waals surface area contributed by atoms with Crippen molar-refractivity contribution in [1.29, 1.82) is 0 Å². The van der Waals surface area contributed by atoms with Gasteiger partial charge in [-0.3, -0.25) is 10.2 Å². The van der Waals surface area contributed by atoms with Crippen LogP contribution in [0.5, 0.6) is 0 Å². The van der Waals surface area contributed by atoms with E-state index in [1.807, 2.05) is 5.43 Å². The molecule has 0 bridgehead atoms. The minimum atomic E-state index is -0.598. The molecule has 2 aromatic rings. The number of rotatable bonds is 4. The average molecular weight is 251 g/mol. The summed E-state index contributed by atoms with van der Waals surface area (Å²) >= 11 is 0. The Hall–Kier alpha value is -2.68. The number of carbonyl (C=O) groups is 1. The molecule has 2 heterocycles. The SMILES string of the molecule is NNC(=O)c1occc1Cn1ccc([N+](=O)[O-])n1. The minimum Gasteiger partial charge on any atom is -0.459 e. The molecule has 2 aromatic heterocycles. The predicted molar refractivity (Wildman–Crippen MR) is 58.3 cm³/mol. The molecular formula is C9H9N5O4. The zero-order chi connectivity index (χ0) is 13.1. The van der Waals surface area contributed by atoms with E-state index in [2.05, 4.69) is 5.10 Å². The number of aromatic nitrogens is 2. The first kappa shape index (κ1) is 11.8. The molecule has 0 aliphatic heterocycles. The van der Waals surface area contributed by atoms with E-state index >= 15 is 0 Å². The molecule has 0 fully saturated rings. The van der Waals surface area contributed by atoms with Gasteiger partial charge in [0.15, 0.2) is 5.76 Å². The number of nitrogens with zero attached hydrogens (tertiary/aromatic N) is 3. The summed E-state index contributed by atoms with van der Waals surface area (Å²) in [6.45, 7) is 0.174. The summed E-state index contributed by atoms with van der Waals surface area (Å²) in [4.78, 5) is 21.2. The first-order valence-corrected chi connectivity index (χ1v) is 4.87. The number of hydrogen-bond donors (Lipinski definition) is 2. The quantitative estimate of drug-likeness (QED) is 0.341. The Morgan fingerprint density at radius 3 is 3.00 bits per heavy atom. The lowest BCUT2D eigenvalue weighted by Gasteiger charge is -1.99. The van der Waals surface area contributed by atoms with Crippen molar-refractivity contribution in [2.24, 2.45) is 5.84 Å². The highest BCUT2D eigenvalue weighted by molar-refractivity contribution is 5.92. The largest absolute Gasteiger partial charge is 0.459 e. The highest BCUT2D eigenvalue weighted by Crippen LogP contribution is 2.13. The molecule has 0 aliphatic rings. The van der Waals surface area contributed by atoms with Gasteiger partial charge in [-0.1, -0.05) is 0 Å². The summed E-state index contributed by atoms with van der Waals surface area (Å²) in [7, 11) is 0. The fourth-order valence-corrected chi connectivity index (χ4v) is 1.44. The van der Waals surface area contributed by atoms with E-state index in [0.717, 1.165) is 0 Å². The number of nitrogens with two attached hydrogens (primary N) is 1. The van der Waals surface area contributed by atoms with Crippen molar-refractivity contribution in [3.63, 3.8) is 0 Å². The number of nitro groups is 1. The molecule has 0 spiro atoms. The molecule has 9 nitrogen and oxygen atoms in total. The van der Waals surface area contributed by atoms with Crippen LogP contribution >= 0.6 is 0 Å². The van der Waals surface area contributed by atoms with E-state index in [4.69, 9.17) is 10.3 Å². The summed E-state index contributed by atoms with van der Waals surface area (Å²) in [6, 6.07) is 2.83. The minimum absolute atomic E-state index is 0.0515. The van der Waals surface area contributed by atoms with Crippen LogP contribution in [0.25, 0.3) is 0 Å². The van der Waals surface area contributed by atoms with Gasteiger partial charge in [0.05, 0.1) is 30.2 Å². The van der Waals surface area contributed by atoms with Gasteiger partial charge in [-0.15, -0.1) is 0 Å². The predicted octanol–water partition coefficient (Wildman–Crippen LogP) is 0.0361. The van der Waals surface area contributed by atoms with Crippen LogP contribution in [0, 0.1) is 10.1 Å². The zero-order valence-corrected chi connectivity index (χ0v) is 9.07. The molecule has 0 atom stereocenters. The van der Waals surface area contributed by atoms with Crippen molar-refractivity contribution in [1.82, 2.24) is 15.2 Å². The first-order valence-electron chi connectivity index (χ1n) is 4.87. The second-order valence-electron chi connectivity index (χ2n) is 3.38. The van der Waals surface area contributed by atoms with Gasteiger partial charge in [0, 0.05) is 5.56 Å². The molecule has 94 valence electrons. The van der Waals surface area contributed by atoms with Gasteiger partial charge in [-0.2, -0.15) is 4.68 Å². The highest BCUT2D eigenvalue weighted by Gasteiger charge is 2.17. The summed E-state index contributed by atoms with van der Waals surface area (Å²) in [5.41, 5.74) is 2.47. The van der Waals surface area contributed by atoms with Crippen molar-refractivity contribution in [2.45, 2.75) is 6.54 Å². The van der Waals surface area contributed by atoms with Crippen LogP contribution in [-0.4, -0.2) is 20.6 Å². The van der Waals surface area contributed by atoms with Crippen molar-refractivity contribution in [3.8, 4) is 0 Å². The fourth-order valence-electron chi connectivity index (χ4n) is 1.44. The molecule has 1 amide bonds. The molecule has 9 heteroatoms. The molecule has 2 rings (SSSR count).